The molecule has 110 valence electrons. The van der Waals surface area contributed by atoms with Crippen molar-refractivity contribution in [1.82, 2.24) is 4.90 Å². The molecule has 1 amide bonds. The van der Waals surface area contributed by atoms with Crippen LogP contribution in [0.3, 0.4) is 0 Å². The van der Waals surface area contributed by atoms with Crippen LogP contribution < -0.4 is 5.73 Å². The SMILES string of the molecule is CC(C)C/C(N)=N/OCC(=O)N1[C@H](C)CCC[C@@H]1C. The van der Waals surface area contributed by atoms with E-state index in [0.29, 0.717) is 18.2 Å². The van der Waals surface area contributed by atoms with Crippen LogP contribution in [0.2, 0.25) is 0 Å². The molecule has 0 saturated carbocycles. The summed E-state index contributed by atoms with van der Waals surface area (Å²) >= 11 is 0. The average molecular weight is 269 g/mol. The Labute approximate surface area is 116 Å². The molecule has 1 rings (SSSR count). The number of amidine groups is 1. The molecule has 0 aromatic rings. The molecule has 5 nitrogen and oxygen atoms in total. The minimum absolute atomic E-state index is 0.000738. The molecule has 5 heteroatoms. The zero-order valence-corrected chi connectivity index (χ0v) is 12.6. The van der Waals surface area contributed by atoms with Gasteiger partial charge < -0.3 is 15.5 Å². The average Bonchev–Trinajstić information content (AvgIpc) is 2.27. The fourth-order valence-electron chi connectivity index (χ4n) is 2.61. The summed E-state index contributed by atoms with van der Waals surface area (Å²) < 4.78 is 0. The fraction of sp³-hybridized carbons (Fsp3) is 0.857. The van der Waals surface area contributed by atoms with E-state index >= 15 is 0 Å². The van der Waals surface area contributed by atoms with Crippen LogP contribution in [0.1, 0.15) is 53.4 Å². The highest BCUT2D eigenvalue weighted by Crippen LogP contribution is 2.22. The van der Waals surface area contributed by atoms with Gasteiger partial charge in [0.2, 0.25) is 0 Å². The molecule has 0 radical (unpaired) electrons. The largest absolute Gasteiger partial charge is 0.384 e. The van der Waals surface area contributed by atoms with Crippen molar-refractivity contribution in [1.29, 1.82) is 0 Å². The van der Waals surface area contributed by atoms with Crippen LogP contribution in [-0.2, 0) is 9.63 Å². The van der Waals surface area contributed by atoms with Crippen molar-refractivity contribution in [2.24, 2.45) is 16.8 Å². The first-order chi connectivity index (χ1) is 8.91. The molecule has 0 unspecified atom stereocenters. The van der Waals surface area contributed by atoms with Crippen molar-refractivity contribution >= 4 is 11.7 Å². The zero-order valence-electron chi connectivity index (χ0n) is 12.6. The van der Waals surface area contributed by atoms with Gasteiger partial charge in [0.1, 0.15) is 5.84 Å². The van der Waals surface area contributed by atoms with Gasteiger partial charge in [-0.2, -0.15) is 0 Å². The fourth-order valence-corrected chi connectivity index (χ4v) is 2.61. The van der Waals surface area contributed by atoms with E-state index in [1.54, 1.807) is 0 Å². The number of rotatable bonds is 5. The summed E-state index contributed by atoms with van der Waals surface area (Å²) in [6, 6.07) is 0.577. The molecule has 0 aromatic heterocycles. The number of hydrogen-bond acceptors (Lipinski definition) is 3. The topological polar surface area (TPSA) is 67.9 Å². The van der Waals surface area contributed by atoms with Crippen LogP contribution in [0, 0.1) is 5.92 Å². The Morgan fingerprint density at radius 1 is 1.37 bits per heavy atom. The van der Waals surface area contributed by atoms with E-state index in [1.807, 2.05) is 4.90 Å². The van der Waals surface area contributed by atoms with Gasteiger partial charge in [0, 0.05) is 18.5 Å². The summed E-state index contributed by atoms with van der Waals surface area (Å²) in [6.07, 6.45) is 4.00. The van der Waals surface area contributed by atoms with Crippen molar-refractivity contribution in [3.05, 3.63) is 0 Å². The maximum Gasteiger partial charge on any atom is 0.263 e. The predicted molar refractivity (Wildman–Crippen MR) is 76.7 cm³/mol. The predicted octanol–water partition coefficient (Wildman–Crippen LogP) is 2.11. The first-order valence-electron chi connectivity index (χ1n) is 7.17. The molecule has 0 aliphatic carbocycles. The van der Waals surface area contributed by atoms with E-state index in [-0.39, 0.29) is 24.6 Å². The third kappa shape index (κ3) is 5.09. The molecular weight excluding hydrogens is 242 g/mol. The van der Waals surface area contributed by atoms with E-state index < -0.39 is 0 Å². The quantitative estimate of drug-likeness (QED) is 0.472. The maximum absolute atomic E-state index is 12.1. The molecule has 2 N–H and O–H groups in total. The summed E-state index contributed by atoms with van der Waals surface area (Å²) in [5, 5.41) is 3.80. The third-order valence-corrected chi connectivity index (χ3v) is 3.47. The lowest BCUT2D eigenvalue weighted by Gasteiger charge is -2.38. The van der Waals surface area contributed by atoms with Crippen LogP contribution in [0.5, 0.6) is 0 Å². The maximum atomic E-state index is 12.1. The Bertz CT molecular complexity index is 319. The monoisotopic (exact) mass is 269 g/mol. The smallest absolute Gasteiger partial charge is 0.263 e. The van der Waals surface area contributed by atoms with Crippen molar-refractivity contribution in [3.8, 4) is 0 Å². The molecule has 0 aromatic carbocycles. The number of likely N-dealkylation sites (tertiary alicyclic amines) is 1. The highest BCUT2D eigenvalue weighted by atomic mass is 16.6. The van der Waals surface area contributed by atoms with Gasteiger partial charge in [-0.25, -0.2) is 0 Å². The van der Waals surface area contributed by atoms with Gasteiger partial charge in [-0.15, -0.1) is 0 Å². The van der Waals surface area contributed by atoms with E-state index in [1.165, 1.54) is 6.42 Å². The highest BCUT2D eigenvalue weighted by Gasteiger charge is 2.28. The minimum Gasteiger partial charge on any atom is -0.384 e. The molecule has 1 fully saturated rings. The second-order valence-corrected chi connectivity index (χ2v) is 5.88. The summed E-state index contributed by atoms with van der Waals surface area (Å²) in [4.78, 5) is 19.1. The van der Waals surface area contributed by atoms with E-state index in [0.717, 1.165) is 12.8 Å². The molecule has 19 heavy (non-hydrogen) atoms. The lowest BCUT2D eigenvalue weighted by molar-refractivity contribution is -0.142. The van der Waals surface area contributed by atoms with Gasteiger partial charge in [0.05, 0.1) is 0 Å². The third-order valence-electron chi connectivity index (χ3n) is 3.47. The lowest BCUT2D eigenvalue weighted by Crippen LogP contribution is -2.48. The van der Waals surface area contributed by atoms with Crippen molar-refractivity contribution in [2.45, 2.75) is 65.5 Å². The molecule has 0 spiro atoms. The number of nitrogens with two attached hydrogens (primary N) is 1. The Kier molecular flexibility index (Phi) is 6.12. The Hall–Kier alpha value is -1.26. The normalized spacial score (nSPS) is 24.7. The van der Waals surface area contributed by atoms with E-state index in [4.69, 9.17) is 10.6 Å². The van der Waals surface area contributed by atoms with Crippen LogP contribution >= 0.6 is 0 Å². The number of hydrogen-bond donors (Lipinski definition) is 1. The van der Waals surface area contributed by atoms with Gasteiger partial charge >= 0.3 is 0 Å². The molecule has 1 heterocycles. The van der Waals surface area contributed by atoms with Gasteiger partial charge in [-0.05, 0) is 39.0 Å². The van der Waals surface area contributed by atoms with Crippen molar-refractivity contribution in [2.75, 3.05) is 6.61 Å². The summed E-state index contributed by atoms with van der Waals surface area (Å²) in [5.41, 5.74) is 5.69. The van der Waals surface area contributed by atoms with Crippen LogP contribution in [0.4, 0.5) is 0 Å². The summed E-state index contributed by atoms with van der Waals surface area (Å²) in [5.74, 6) is 0.883. The Morgan fingerprint density at radius 3 is 2.47 bits per heavy atom. The number of oxime groups is 1. The summed E-state index contributed by atoms with van der Waals surface area (Å²) in [6.45, 7) is 8.27. The Morgan fingerprint density at radius 2 is 1.95 bits per heavy atom. The van der Waals surface area contributed by atoms with Gasteiger partial charge in [-0.3, -0.25) is 4.79 Å². The van der Waals surface area contributed by atoms with Gasteiger partial charge in [0.15, 0.2) is 6.61 Å². The van der Waals surface area contributed by atoms with E-state index in [2.05, 4.69) is 32.9 Å². The zero-order chi connectivity index (χ0) is 14.4. The van der Waals surface area contributed by atoms with Gasteiger partial charge in [-0.1, -0.05) is 19.0 Å². The first kappa shape index (κ1) is 15.8. The van der Waals surface area contributed by atoms with Crippen LogP contribution in [0.25, 0.3) is 0 Å². The molecule has 0 bridgehead atoms. The molecule has 1 aliphatic heterocycles. The second-order valence-electron chi connectivity index (χ2n) is 5.88. The van der Waals surface area contributed by atoms with E-state index in [9.17, 15) is 4.79 Å². The van der Waals surface area contributed by atoms with Crippen molar-refractivity contribution < 1.29 is 9.63 Å². The van der Waals surface area contributed by atoms with Crippen molar-refractivity contribution in [3.63, 3.8) is 0 Å². The molecular formula is C14H27N3O2. The summed E-state index contributed by atoms with van der Waals surface area (Å²) in [7, 11) is 0. The number of carbonyl (C=O) groups excluding carboxylic acids is 1. The Balaban J connectivity index is 2.42. The van der Waals surface area contributed by atoms with Crippen LogP contribution in [-0.4, -0.2) is 35.3 Å². The molecule has 2 atom stereocenters. The molecule has 1 saturated heterocycles. The van der Waals surface area contributed by atoms with Crippen LogP contribution in [0.15, 0.2) is 5.16 Å². The molecule has 1 aliphatic rings. The lowest BCUT2D eigenvalue weighted by atomic mass is 9.97. The minimum atomic E-state index is -0.0204. The number of carbonyl (C=O) groups is 1. The number of nitrogens with zero attached hydrogens (tertiary/aromatic N) is 2. The second kappa shape index (κ2) is 7.36. The standard InChI is InChI=1S/C14H27N3O2/c1-10(2)8-13(15)16-19-9-14(18)17-11(3)6-5-7-12(17)4/h10-12H,5-9H2,1-4H3,(H2,15,16)/t11-,12+. The number of amides is 1. The first-order valence-corrected chi connectivity index (χ1v) is 7.17. The number of piperidine rings is 1. The van der Waals surface area contributed by atoms with Gasteiger partial charge in [0.25, 0.3) is 5.91 Å². The highest BCUT2D eigenvalue weighted by molar-refractivity contribution is 5.80.